The van der Waals surface area contributed by atoms with Gasteiger partial charge in [-0.2, -0.15) is 5.26 Å². The number of nitrogens with one attached hydrogen (secondary N) is 1. The first-order valence-corrected chi connectivity index (χ1v) is 15.2. The molecule has 210 valence electrons. The van der Waals surface area contributed by atoms with Gasteiger partial charge in [0.15, 0.2) is 10.1 Å². The van der Waals surface area contributed by atoms with Crippen LogP contribution in [-0.2, 0) is 9.59 Å². The molecule has 1 aliphatic heterocycles. The number of thioether (sulfide) groups is 1. The zero-order chi connectivity index (χ0) is 29.3. The third-order valence-corrected chi connectivity index (χ3v) is 9.38. The van der Waals surface area contributed by atoms with Crippen molar-refractivity contribution in [2.45, 2.75) is 29.5 Å². The smallest absolute Gasteiger partial charge is 0.234 e. The van der Waals surface area contributed by atoms with E-state index in [2.05, 4.69) is 21.6 Å². The maximum absolute atomic E-state index is 13.3. The molecule has 3 aromatic rings. The van der Waals surface area contributed by atoms with Gasteiger partial charge in [0, 0.05) is 32.8 Å². The van der Waals surface area contributed by atoms with Crippen LogP contribution >= 0.6 is 57.9 Å². The number of ketones is 1. The van der Waals surface area contributed by atoms with Gasteiger partial charge in [-0.25, -0.2) is 0 Å². The second-order valence-electron chi connectivity index (χ2n) is 9.01. The largest absolute Gasteiger partial charge is 0.495 e. The van der Waals surface area contributed by atoms with E-state index in [1.165, 1.54) is 30.2 Å². The van der Waals surface area contributed by atoms with Crippen molar-refractivity contribution in [3.8, 4) is 11.8 Å². The Bertz CT molecular complexity index is 1670. The molecule has 0 saturated carbocycles. The molecule has 41 heavy (non-hydrogen) atoms. The number of Topliss-reactive ketones (excluding diaryl/α,β-unsaturated/α-hetero) is 1. The minimum Gasteiger partial charge on any atom is -0.495 e. The molecular weight excluding hydrogens is 627 g/mol. The monoisotopic (exact) mass is 646 g/mol. The number of methoxy groups -OCH3 is 1. The minimum atomic E-state index is -0.724. The summed E-state index contributed by atoms with van der Waals surface area (Å²) in [6.45, 7) is 0. The van der Waals surface area contributed by atoms with Crippen molar-refractivity contribution in [3.05, 3.63) is 79.7 Å². The van der Waals surface area contributed by atoms with Crippen LogP contribution < -0.4 is 20.7 Å². The van der Waals surface area contributed by atoms with E-state index in [0.717, 1.165) is 0 Å². The zero-order valence-corrected chi connectivity index (χ0v) is 25.3. The summed E-state index contributed by atoms with van der Waals surface area (Å²) in [4.78, 5) is 27.6. The molecule has 1 atom stereocenters. The number of amides is 1. The molecule has 0 bridgehead atoms. The Morgan fingerprint density at radius 3 is 2.71 bits per heavy atom. The molecule has 1 unspecified atom stereocenters. The second-order valence-corrected chi connectivity index (χ2v) is 12.5. The Labute approximate surface area is 258 Å². The maximum atomic E-state index is 13.3. The highest BCUT2D eigenvalue weighted by Crippen LogP contribution is 2.48. The number of benzene rings is 2. The molecule has 0 fully saturated rings. The number of nitrogens with zero attached hydrogens (tertiary/aromatic N) is 4. The normalized spacial score (nSPS) is 16.9. The molecule has 2 aromatic carbocycles. The molecule has 5 rings (SSSR count). The van der Waals surface area contributed by atoms with Crippen molar-refractivity contribution in [2.24, 2.45) is 5.73 Å². The van der Waals surface area contributed by atoms with E-state index >= 15 is 0 Å². The fourth-order valence-corrected chi connectivity index (χ4v) is 7.16. The number of carbonyl (C=O) groups is 2. The first-order chi connectivity index (χ1) is 19.7. The van der Waals surface area contributed by atoms with E-state index in [0.29, 0.717) is 72.1 Å². The van der Waals surface area contributed by atoms with Crippen LogP contribution in [0.4, 0.5) is 10.8 Å². The van der Waals surface area contributed by atoms with Crippen LogP contribution in [0.1, 0.15) is 30.7 Å². The topological polar surface area (TPSA) is 134 Å². The number of aromatic nitrogens is 2. The van der Waals surface area contributed by atoms with Gasteiger partial charge in [0.05, 0.1) is 36.1 Å². The summed E-state index contributed by atoms with van der Waals surface area (Å²) in [6.07, 6.45) is 1.52. The molecule has 0 radical (unpaired) electrons. The van der Waals surface area contributed by atoms with E-state index in [1.807, 2.05) is 0 Å². The van der Waals surface area contributed by atoms with E-state index in [4.69, 9.17) is 45.3 Å². The highest BCUT2D eigenvalue weighted by molar-refractivity contribution is 8.01. The highest BCUT2D eigenvalue weighted by atomic mass is 35.5. The number of rotatable bonds is 7. The van der Waals surface area contributed by atoms with Crippen LogP contribution in [0.15, 0.2) is 63.4 Å². The Hall–Kier alpha value is -3.27. The van der Waals surface area contributed by atoms with E-state index in [1.54, 1.807) is 41.3 Å². The van der Waals surface area contributed by atoms with Gasteiger partial charge >= 0.3 is 0 Å². The van der Waals surface area contributed by atoms with Gasteiger partial charge in [-0.1, -0.05) is 64.0 Å². The molecule has 0 spiro atoms. The minimum absolute atomic E-state index is 0.0443. The molecule has 1 aromatic heterocycles. The Morgan fingerprint density at radius 2 is 1.98 bits per heavy atom. The van der Waals surface area contributed by atoms with Gasteiger partial charge in [-0.15, -0.1) is 10.2 Å². The molecule has 2 aliphatic rings. The zero-order valence-electron chi connectivity index (χ0n) is 21.4. The number of nitriles is 1. The molecule has 2 heterocycles. The van der Waals surface area contributed by atoms with E-state index in [-0.39, 0.29) is 28.8 Å². The number of hydrogen-bond donors (Lipinski definition) is 2. The summed E-state index contributed by atoms with van der Waals surface area (Å²) in [5, 5.41) is 23.1. The average molecular weight is 648 g/mol. The molecular formula is C27H21Cl3N6O3S2. The van der Waals surface area contributed by atoms with Gasteiger partial charge in [0.1, 0.15) is 11.6 Å². The lowest BCUT2D eigenvalue weighted by atomic mass is 9.76. The average Bonchev–Trinajstić information content (AvgIpc) is 3.40. The van der Waals surface area contributed by atoms with Crippen LogP contribution in [0.25, 0.3) is 0 Å². The lowest BCUT2D eigenvalue weighted by Crippen LogP contribution is -2.38. The number of nitrogens with two attached hydrogens (primary N) is 1. The number of allylic oxidation sites excluding steroid dienone is 3. The summed E-state index contributed by atoms with van der Waals surface area (Å²) >= 11 is 21.1. The first-order valence-electron chi connectivity index (χ1n) is 12.2. The summed E-state index contributed by atoms with van der Waals surface area (Å²) in [7, 11) is 1.50. The lowest BCUT2D eigenvalue weighted by molar-refractivity contribution is -0.116. The van der Waals surface area contributed by atoms with Crippen LogP contribution in [0, 0.1) is 11.3 Å². The quantitative estimate of drug-likeness (QED) is 0.274. The number of anilines is 2. The van der Waals surface area contributed by atoms with Crippen molar-refractivity contribution in [3.63, 3.8) is 0 Å². The second kappa shape index (κ2) is 12.3. The van der Waals surface area contributed by atoms with Gasteiger partial charge in [0.25, 0.3) is 0 Å². The van der Waals surface area contributed by atoms with Crippen molar-refractivity contribution < 1.29 is 14.3 Å². The highest BCUT2D eigenvalue weighted by Gasteiger charge is 2.42. The molecule has 9 nitrogen and oxygen atoms in total. The number of carbonyl (C=O) groups excluding carboxylic acids is 2. The van der Waals surface area contributed by atoms with Crippen molar-refractivity contribution in [1.29, 1.82) is 5.26 Å². The third kappa shape index (κ3) is 5.89. The number of ether oxygens (including phenoxy) is 1. The summed E-state index contributed by atoms with van der Waals surface area (Å²) < 4.78 is 5.78. The SMILES string of the molecule is COc1ccc(Cl)cc1NC(=O)CSc1nnc(N2C(N)=C(C#N)C(c3ccc(Cl)cc3Cl)C3=C2CCCC3=O)s1. The van der Waals surface area contributed by atoms with Gasteiger partial charge in [0.2, 0.25) is 11.0 Å². The van der Waals surface area contributed by atoms with Crippen molar-refractivity contribution in [2.75, 3.05) is 23.1 Å². The fourth-order valence-electron chi connectivity index (χ4n) is 4.79. The molecule has 1 amide bonds. The predicted molar refractivity (Wildman–Crippen MR) is 162 cm³/mol. The first kappa shape index (κ1) is 29.2. The Morgan fingerprint density at radius 1 is 1.22 bits per heavy atom. The maximum Gasteiger partial charge on any atom is 0.234 e. The number of hydrogen-bond acceptors (Lipinski definition) is 10. The Kier molecular flexibility index (Phi) is 8.77. The standard InChI is InChI=1S/C27H21Cl3N6O3S2/c1-39-21-8-6-14(29)10-18(21)33-22(38)12-40-27-35-34-26(41-27)36-19-3-2-4-20(37)24(19)23(16(11-31)25(36)32)15-7-5-13(28)9-17(15)30/h5-10,23H,2-4,12,32H2,1H3,(H,33,38). The van der Waals surface area contributed by atoms with E-state index in [9.17, 15) is 14.9 Å². The molecule has 3 N–H and O–H groups in total. The van der Waals surface area contributed by atoms with Crippen molar-refractivity contribution >= 4 is 80.4 Å². The van der Waals surface area contributed by atoms with Crippen LogP contribution in [0.3, 0.4) is 0 Å². The molecule has 1 aliphatic carbocycles. The summed E-state index contributed by atoms with van der Waals surface area (Å²) in [5.41, 5.74) is 8.93. The van der Waals surface area contributed by atoms with E-state index < -0.39 is 5.92 Å². The number of halogens is 3. The summed E-state index contributed by atoms with van der Waals surface area (Å²) in [5.74, 6) is -0.422. The molecule has 14 heteroatoms. The third-order valence-electron chi connectivity index (χ3n) is 6.54. The fraction of sp³-hybridized carbons (Fsp3) is 0.222. The van der Waals surface area contributed by atoms with Gasteiger partial charge in [-0.05, 0) is 48.7 Å². The lowest BCUT2D eigenvalue weighted by Gasteiger charge is -2.38. The predicted octanol–water partition coefficient (Wildman–Crippen LogP) is 6.54. The van der Waals surface area contributed by atoms with Crippen LogP contribution in [-0.4, -0.2) is 34.8 Å². The van der Waals surface area contributed by atoms with Crippen LogP contribution in [0.5, 0.6) is 5.75 Å². The van der Waals surface area contributed by atoms with Gasteiger partial charge < -0.3 is 15.8 Å². The van der Waals surface area contributed by atoms with Crippen molar-refractivity contribution in [1.82, 2.24) is 10.2 Å². The van der Waals surface area contributed by atoms with Gasteiger partial charge in [-0.3, -0.25) is 14.5 Å². The Balaban J connectivity index is 1.42. The van der Waals surface area contributed by atoms with Crippen LogP contribution in [0.2, 0.25) is 15.1 Å². The summed E-state index contributed by atoms with van der Waals surface area (Å²) in [6, 6.07) is 12.1. The molecule has 0 saturated heterocycles.